The molecule has 0 heterocycles. The molecule has 0 unspecified atom stereocenters. The van der Waals surface area contributed by atoms with Gasteiger partial charge in [0.25, 0.3) is 0 Å². The first kappa shape index (κ1) is 18.1. The molecule has 1 aromatic rings. The lowest BCUT2D eigenvalue weighted by atomic mass is 10.1. The van der Waals surface area contributed by atoms with Crippen molar-refractivity contribution in [1.29, 1.82) is 0 Å². The minimum Gasteiger partial charge on any atom is -0.317 e. The molecule has 4 nitrogen and oxygen atoms in total. The molecule has 0 aliphatic rings. The molecule has 1 rings (SSSR count). The van der Waals surface area contributed by atoms with Crippen LogP contribution in [0.5, 0.6) is 0 Å². The lowest BCUT2D eigenvalue weighted by Crippen LogP contribution is -2.29. The summed E-state index contributed by atoms with van der Waals surface area (Å²) in [7, 11) is -3.26. The highest BCUT2D eigenvalue weighted by atomic mass is 32.2. The molecule has 0 aromatic heterocycles. The Hall–Kier alpha value is -0.980. The molecule has 0 radical (unpaired) electrons. The van der Waals surface area contributed by atoms with Crippen molar-refractivity contribution in [3.05, 3.63) is 35.6 Å². The van der Waals surface area contributed by atoms with Gasteiger partial charge in [-0.15, -0.1) is 0 Å². The number of benzene rings is 1. The van der Waals surface area contributed by atoms with E-state index in [4.69, 9.17) is 0 Å². The van der Waals surface area contributed by atoms with Gasteiger partial charge in [0, 0.05) is 6.54 Å². The molecule has 1 aromatic carbocycles. The number of nitrogens with one attached hydrogen (secondary N) is 2. The standard InChI is InChI=1S/C15H25FN2O2S/c1-2-10-17-11-5-6-13-21(19,20)18-12-9-14-7-3-4-8-15(14)16/h3-4,7-8,17-18H,2,5-6,9-13H2,1H3. The molecule has 0 fully saturated rings. The number of sulfonamides is 1. The van der Waals surface area contributed by atoms with E-state index < -0.39 is 10.0 Å². The van der Waals surface area contributed by atoms with Gasteiger partial charge in [0.1, 0.15) is 5.82 Å². The van der Waals surface area contributed by atoms with Crippen LogP contribution in [0.25, 0.3) is 0 Å². The topological polar surface area (TPSA) is 58.2 Å². The molecule has 2 N–H and O–H groups in total. The van der Waals surface area contributed by atoms with Gasteiger partial charge in [0.05, 0.1) is 5.75 Å². The average molecular weight is 316 g/mol. The molecule has 0 atom stereocenters. The first-order chi connectivity index (χ1) is 10.0. The number of hydrogen-bond acceptors (Lipinski definition) is 3. The quantitative estimate of drug-likeness (QED) is 0.615. The van der Waals surface area contributed by atoms with Crippen molar-refractivity contribution >= 4 is 10.0 Å². The summed E-state index contributed by atoms with van der Waals surface area (Å²) >= 11 is 0. The van der Waals surface area contributed by atoms with E-state index in [0.29, 0.717) is 18.4 Å². The van der Waals surface area contributed by atoms with Gasteiger partial charge in [0.2, 0.25) is 10.0 Å². The van der Waals surface area contributed by atoms with E-state index in [9.17, 15) is 12.8 Å². The van der Waals surface area contributed by atoms with E-state index in [2.05, 4.69) is 17.0 Å². The van der Waals surface area contributed by atoms with Gasteiger partial charge >= 0.3 is 0 Å². The largest absolute Gasteiger partial charge is 0.317 e. The van der Waals surface area contributed by atoms with Crippen LogP contribution in [0.1, 0.15) is 31.7 Å². The van der Waals surface area contributed by atoms with Crippen molar-refractivity contribution in [3.63, 3.8) is 0 Å². The van der Waals surface area contributed by atoms with E-state index >= 15 is 0 Å². The molecular weight excluding hydrogens is 291 g/mol. The zero-order valence-corrected chi connectivity index (χ0v) is 13.4. The lowest BCUT2D eigenvalue weighted by Gasteiger charge is -2.07. The molecule has 0 aliphatic carbocycles. The van der Waals surface area contributed by atoms with Crippen LogP contribution in [0.15, 0.2) is 24.3 Å². The van der Waals surface area contributed by atoms with Gasteiger partial charge in [-0.05, 0) is 50.4 Å². The van der Waals surface area contributed by atoms with Crippen molar-refractivity contribution in [2.75, 3.05) is 25.4 Å². The van der Waals surface area contributed by atoms with Gasteiger partial charge in [-0.25, -0.2) is 17.5 Å². The van der Waals surface area contributed by atoms with Crippen molar-refractivity contribution in [1.82, 2.24) is 10.0 Å². The van der Waals surface area contributed by atoms with Crippen LogP contribution in [0.4, 0.5) is 4.39 Å². The average Bonchev–Trinajstić information content (AvgIpc) is 2.45. The van der Waals surface area contributed by atoms with Crippen molar-refractivity contribution in [3.8, 4) is 0 Å². The van der Waals surface area contributed by atoms with Crippen LogP contribution in [0.2, 0.25) is 0 Å². The van der Waals surface area contributed by atoms with Gasteiger partial charge in [-0.1, -0.05) is 25.1 Å². The second-order valence-corrected chi connectivity index (χ2v) is 6.94. The van der Waals surface area contributed by atoms with E-state index in [-0.39, 0.29) is 18.1 Å². The Labute approximate surface area is 127 Å². The molecule has 21 heavy (non-hydrogen) atoms. The van der Waals surface area contributed by atoms with E-state index in [1.165, 1.54) is 6.07 Å². The van der Waals surface area contributed by atoms with Crippen molar-refractivity contribution < 1.29 is 12.8 Å². The number of hydrogen-bond donors (Lipinski definition) is 2. The Morgan fingerprint density at radius 3 is 2.57 bits per heavy atom. The van der Waals surface area contributed by atoms with E-state index in [1.807, 2.05) is 0 Å². The summed E-state index contributed by atoms with van der Waals surface area (Å²) in [6.07, 6.45) is 2.92. The van der Waals surface area contributed by atoms with Crippen LogP contribution >= 0.6 is 0 Å². The van der Waals surface area contributed by atoms with Crippen LogP contribution in [0.3, 0.4) is 0 Å². The fraction of sp³-hybridized carbons (Fsp3) is 0.600. The monoisotopic (exact) mass is 316 g/mol. The summed E-state index contributed by atoms with van der Waals surface area (Å²) in [5.41, 5.74) is 0.531. The summed E-state index contributed by atoms with van der Waals surface area (Å²) in [6, 6.07) is 6.42. The predicted octanol–water partition coefficient (Wildman–Crippen LogP) is 2.07. The second-order valence-electron chi connectivity index (χ2n) is 5.01. The maximum absolute atomic E-state index is 13.4. The Kier molecular flexibility index (Phi) is 8.49. The van der Waals surface area contributed by atoms with Crippen LogP contribution in [-0.2, 0) is 16.4 Å². The minimum absolute atomic E-state index is 0.123. The Morgan fingerprint density at radius 1 is 1.10 bits per heavy atom. The smallest absolute Gasteiger partial charge is 0.211 e. The van der Waals surface area contributed by atoms with Gasteiger partial charge < -0.3 is 5.32 Å². The molecule has 0 saturated carbocycles. The predicted molar refractivity (Wildman–Crippen MR) is 84.3 cm³/mol. The summed E-state index contributed by atoms with van der Waals surface area (Å²) < 4.78 is 39.4. The van der Waals surface area contributed by atoms with Crippen LogP contribution < -0.4 is 10.0 Å². The Morgan fingerprint density at radius 2 is 1.86 bits per heavy atom. The van der Waals surface area contributed by atoms with Crippen molar-refractivity contribution in [2.24, 2.45) is 0 Å². The molecule has 0 saturated heterocycles. The highest BCUT2D eigenvalue weighted by molar-refractivity contribution is 7.89. The maximum Gasteiger partial charge on any atom is 0.211 e. The third kappa shape index (κ3) is 8.14. The van der Waals surface area contributed by atoms with Crippen LogP contribution in [-0.4, -0.2) is 33.8 Å². The van der Waals surface area contributed by atoms with Gasteiger partial charge in [-0.2, -0.15) is 0 Å². The Bertz CT molecular complexity index is 506. The van der Waals surface area contributed by atoms with E-state index in [0.717, 1.165) is 25.9 Å². The Balaban J connectivity index is 2.19. The molecular formula is C15H25FN2O2S. The normalized spacial score (nSPS) is 11.7. The highest BCUT2D eigenvalue weighted by Gasteiger charge is 2.09. The maximum atomic E-state index is 13.4. The number of unbranched alkanes of at least 4 members (excludes halogenated alkanes) is 1. The fourth-order valence-corrected chi connectivity index (χ4v) is 3.10. The van der Waals surface area contributed by atoms with Gasteiger partial charge in [-0.3, -0.25) is 0 Å². The summed E-state index contributed by atoms with van der Waals surface area (Å²) in [5.74, 6) is -0.170. The first-order valence-corrected chi connectivity index (χ1v) is 9.12. The molecule has 0 bridgehead atoms. The van der Waals surface area contributed by atoms with Crippen molar-refractivity contribution in [2.45, 2.75) is 32.6 Å². The molecule has 0 amide bonds. The third-order valence-electron chi connectivity index (χ3n) is 3.12. The second kappa shape index (κ2) is 9.87. The first-order valence-electron chi connectivity index (χ1n) is 7.46. The summed E-state index contributed by atoms with van der Waals surface area (Å²) in [4.78, 5) is 0. The lowest BCUT2D eigenvalue weighted by molar-refractivity contribution is 0.570. The molecule has 0 spiro atoms. The van der Waals surface area contributed by atoms with Gasteiger partial charge in [0.15, 0.2) is 0 Å². The SMILES string of the molecule is CCCNCCCCS(=O)(=O)NCCc1ccccc1F. The number of rotatable bonds is 11. The highest BCUT2D eigenvalue weighted by Crippen LogP contribution is 2.06. The minimum atomic E-state index is -3.26. The zero-order chi connectivity index (χ0) is 15.6. The molecule has 6 heteroatoms. The number of halogens is 1. The summed E-state index contributed by atoms with van der Waals surface area (Å²) in [5, 5.41) is 3.24. The zero-order valence-electron chi connectivity index (χ0n) is 12.6. The third-order valence-corrected chi connectivity index (χ3v) is 4.59. The van der Waals surface area contributed by atoms with Crippen LogP contribution in [0, 0.1) is 5.82 Å². The summed E-state index contributed by atoms with van der Waals surface area (Å²) in [6.45, 7) is 4.14. The fourth-order valence-electron chi connectivity index (χ4n) is 1.96. The molecule has 0 aliphatic heterocycles. The van der Waals surface area contributed by atoms with E-state index in [1.54, 1.807) is 18.2 Å². The molecule has 120 valence electrons.